The molecule has 5 nitrogen and oxygen atoms in total. The van der Waals surface area contributed by atoms with Crippen molar-refractivity contribution < 1.29 is 0 Å². The van der Waals surface area contributed by atoms with Gasteiger partial charge in [0.25, 0.3) is 0 Å². The summed E-state index contributed by atoms with van der Waals surface area (Å²) >= 11 is 8.26. The number of para-hydroxylation sites is 1. The molecule has 28 heavy (non-hydrogen) atoms. The molecule has 4 rings (SSSR count). The molecule has 2 heterocycles. The fourth-order valence-corrected chi connectivity index (χ4v) is 4.50. The Hall–Kier alpha value is -2.57. The minimum Gasteiger partial charge on any atom is -0.274 e. The topological polar surface area (TPSA) is 48.5 Å². The van der Waals surface area contributed by atoms with Gasteiger partial charge in [0.05, 0.1) is 11.4 Å². The Kier molecular flexibility index (Phi) is 5.24. The number of thioether (sulfide) groups is 1. The Morgan fingerprint density at radius 3 is 2.32 bits per heavy atom. The predicted molar refractivity (Wildman–Crippen MR) is 114 cm³/mol. The highest BCUT2D eigenvalue weighted by Crippen LogP contribution is 2.31. The van der Waals surface area contributed by atoms with Gasteiger partial charge >= 0.3 is 0 Å². The van der Waals surface area contributed by atoms with Gasteiger partial charge in [0.2, 0.25) is 0 Å². The quantitative estimate of drug-likeness (QED) is 0.418. The largest absolute Gasteiger partial charge is 0.274 e. The zero-order chi connectivity index (χ0) is 19.7. The Labute approximate surface area is 173 Å². The fraction of sp³-hybridized carbons (Fsp3) is 0.190. The third kappa shape index (κ3) is 3.57. The molecule has 2 aromatic carbocycles. The van der Waals surface area contributed by atoms with Gasteiger partial charge in [0.15, 0.2) is 5.16 Å². The molecule has 0 spiro atoms. The van der Waals surface area contributed by atoms with Crippen molar-refractivity contribution in [3.8, 4) is 11.4 Å². The van der Waals surface area contributed by atoms with Crippen LogP contribution in [-0.4, -0.2) is 24.5 Å². The standard InChI is InChI=1S/C21H20ClN5S/c1-14-9-11-17(12-10-14)26-16(3)23-24-21(26)28-13-19-15(2)25-27(20(19)22)18-7-5-4-6-8-18/h4-12H,13H2,1-3H3. The highest BCUT2D eigenvalue weighted by atomic mass is 35.5. The number of rotatable bonds is 5. The summed E-state index contributed by atoms with van der Waals surface area (Å²) in [5.41, 5.74) is 5.15. The Balaban J connectivity index is 1.61. The van der Waals surface area contributed by atoms with Crippen LogP contribution < -0.4 is 0 Å². The molecule has 0 bridgehead atoms. The van der Waals surface area contributed by atoms with Gasteiger partial charge in [-0.25, -0.2) is 4.68 Å². The maximum Gasteiger partial charge on any atom is 0.196 e. The van der Waals surface area contributed by atoms with Crippen molar-refractivity contribution >= 4 is 23.4 Å². The second-order valence-electron chi connectivity index (χ2n) is 6.59. The van der Waals surface area contributed by atoms with E-state index in [2.05, 4.69) is 51.1 Å². The number of hydrogen-bond acceptors (Lipinski definition) is 4. The van der Waals surface area contributed by atoms with Gasteiger partial charge in [-0.15, -0.1) is 10.2 Å². The molecule has 0 saturated carbocycles. The molecule has 4 aromatic rings. The first-order valence-electron chi connectivity index (χ1n) is 8.96. The van der Waals surface area contributed by atoms with Gasteiger partial charge in [-0.3, -0.25) is 4.57 Å². The molecule has 0 aliphatic rings. The number of benzene rings is 2. The van der Waals surface area contributed by atoms with E-state index < -0.39 is 0 Å². The van der Waals surface area contributed by atoms with E-state index in [0.29, 0.717) is 10.9 Å². The summed E-state index contributed by atoms with van der Waals surface area (Å²) in [6, 6.07) is 18.3. The van der Waals surface area contributed by atoms with Crippen LogP contribution >= 0.6 is 23.4 Å². The summed E-state index contributed by atoms with van der Waals surface area (Å²) in [6.45, 7) is 6.02. The molecule has 0 unspecified atom stereocenters. The lowest BCUT2D eigenvalue weighted by Gasteiger charge is -2.09. The lowest BCUT2D eigenvalue weighted by Crippen LogP contribution is -1.99. The smallest absolute Gasteiger partial charge is 0.196 e. The van der Waals surface area contributed by atoms with Crippen LogP contribution in [0.1, 0.15) is 22.6 Å². The van der Waals surface area contributed by atoms with Gasteiger partial charge in [0, 0.05) is 17.0 Å². The van der Waals surface area contributed by atoms with Gasteiger partial charge in [-0.1, -0.05) is 59.3 Å². The van der Waals surface area contributed by atoms with Crippen molar-refractivity contribution in [3.63, 3.8) is 0 Å². The highest BCUT2D eigenvalue weighted by Gasteiger charge is 2.17. The van der Waals surface area contributed by atoms with E-state index in [1.165, 1.54) is 5.56 Å². The number of aromatic nitrogens is 5. The van der Waals surface area contributed by atoms with Crippen LogP contribution in [0.5, 0.6) is 0 Å². The minimum atomic E-state index is 0.634. The van der Waals surface area contributed by atoms with Crippen LogP contribution in [-0.2, 0) is 5.75 Å². The second-order valence-corrected chi connectivity index (χ2v) is 7.89. The highest BCUT2D eigenvalue weighted by molar-refractivity contribution is 7.98. The molecule has 0 radical (unpaired) electrons. The zero-order valence-corrected chi connectivity index (χ0v) is 17.5. The van der Waals surface area contributed by atoms with Crippen LogP contribution in [0.3, 0.4) is 0 Å². The van der Waals surface area contributed by atoms with Crippen molar-refractivity contribution in [1.29, 1.82) is 0 Å². The first-order valence-corrected chi connectivity index (χ1v) is 10.3. The molecule has 142 valence electrons. The molecule has 0 aliphatic heterocycles. The average Bonchev–Trinajstić information content (AvgIpc) is 3.21. The number of aryl methyl sites for hydroxylation is 3. The fourth-order valence-electron chi connectivity index (χ4n) is 3.00. The Morgan fingerprint density at radius 1 is 0.893 bits per heavy atom. The van der Waals surface area contributed by atoms with Crippen LogP contribution in [0, 0.1) is 20.8 Å². The number of nitrogens with zero attached hydrogens (tertiary/aromatic N) is 5. The first-order chi connectivity index (χ1) is 13.5. The maximum atomic E-state index is 6.65. The Morgan fingerprint density at radius 2 is 1.61 bits per heavy atom. The van der Waals surface area contributed by atoms with Crippen molar-refractivity contribution in [2.45, 2.75) is 31.7 Å². The lowest BCUT2D eigenvalue weighted by atomic mass is 10.2. The molecule has 0 amide bonds. The number of hydrogen-bond donors (Lipinski definition) is 0. The summed E-state index contributed by atoms with van der Waals surface area (Å²) in [4.78, 5) is 0. The van der Waals surface area contributed by atoms with Crippen LogP contribution in [0.4, 0.5) is 0 Å². The predicted octanol–water partition coefficient (Wildman–Crippen LogP) is 5.32. The van der Waals surface area contributed by atoms with Crippen molar-refractivity contribution in [2.75, 3.05) is 0 Å². The second kappa shape index (κ2) is 7.81. The monoisotopic (exact) mass is 409 g/mol. The molecule has 7 heteroatoms. The molecule has 0 saturated heterocycles. The van der Waals surface area contributed by atoms with E-state index in [9.17, 15) is 0 Å². The van der Waals surface area contributed by atoms with Gasteiger partial charge in [-0.2, -0.15) is 5.10 Å². The van der Waals surface area contributed by atoms with E-state index in [1.54, 1.807) is 16.4 Å². The van der Waals surface area contributed by atoms with Gasteiger partial charge in [-0.05, 0) is 45.0 Å². The normalized spacial score (nSPS) is 11.1. The van der Waals surface area contributed by atoms with Crippen LogP contribution in [0.15, 0.2) is 59.8 Å². The third-order valence-electron chi connectivity index (χ3n) is 4.56. The summed E-state index contributed by atoms with van der Waals surface area (Å²) in [6.07, 6.45) is 0. The van der Waals surface area contributed by atoms with Crippen LogP contribution in [0.2, 0.25) is 5.15 Å². The minimum absolute atomic E-state index is 0.634. The van der Waals surface area contributed by atoms with Crippen molar-refractivity contribution in [2.24, 2.45) is 0 Å². The van der Waals surface area contributed by atoms with Crippen LogP contribution in [0.25, 0.3) is 11.4 Å². The molecular formula is C21H20ClN5S. The van der Waals surface area contributed by atoms with E-state index in [1.807, 2.05) is 44.2 Å². The molecule has 2 aromatic heterocycles. The third-order valence-corrected chi connectivity index (χ3v) is 5.90. The molecule has 0 atom stereocenters. The lowest BCUT2D eigenvalue weighted by molar-refractivity contribution is 0.863. The van der Waals surface area contributed by atoms with Gasteiger partial charge < -0.3 is 0 Å². The summed E-state index contributed by atoms with van der Waals surface area (Å²) in [5, 5.41) is 14.7. The van der Waals surface area contributed by atoms with Crippen molar-refractivity contribution in [3.05, 3.63) is 82.4 Å². The molecule has 0 fully saturated rings. The van der Waals surface area contributed by atoms with Crippen molar-refractivity contribution in [1.82, 2.24) is 24.5 Å². The summed E-state index contributed by atoms with van der Waals surface area (Å²) in [5.74, 6) is 1.52. The summed E-state index contributed by atoms with van der Waals surface area (Å²) in [7, 11) is 0. The maximum absolute atomic E-state index is 6.65. The molecule has 0 aliphatic carbocycles. The van der Waals surface area contributed by atoms with E-state index in [4.69, 9.17) is 11.6 Å². The summed E-state index contributed by atoms with van der Waals surface area (Å²) < 4.78 is 3.84. The first kappa shape index (κ1) is 18.8. The van der Waals surface area contributed by atoms with Gasteiger partial charge in [0.1, 0.15) is 11.0 Å². The zero-order valence-electron chi connectivity index (χ0n) is 15.9. The average molecular weight is 410 g/mol. The molecular weight excluding hydrogens is 390 g/mol. The Bertz CT molecular complexity index is 1100. The van der Waals surface area contributed by atoms with E-state index in [0.717, 1.165) is 33.6 Å². The number of halogens is 1. The van der Waals surface area contributed by atoms with E-state index >= 15 is 0 Å². The molecule has 0 N–H and O–H groups in total. The van der Waals surface area contributed by atoms with E-state index in [-0.39, 0.29) is 0 Å². The SMILES string of the molecule is Cc1ccc(-n2c(C)nnc2SCc2c(C)nn(-c3ccccc3)c2Cl)cc1.